The van der Waals surface area contributed by atoms with Crippen molar-refractivity contribution >= 4 is 17.7 Å². The first kappa shape index (κ1) is 13.3. The Kier molecular flexibility index (Phi) is 5.55. The van der Waals surface area contributed by atoms with Crippen LogP contribution < -0.4 is 0 Å². The molecule has 0 bridgehead atoms. The van der Waals surface area contributed by atoms with Crippen LogP contribution in [0.25, 0.3) is 0 Å². The molecule has 0 N–H and O–H groups in total. The summed E-state index contributed by atoms with van der Waals surface area (Å²) in [5.74, 6) is -0.823. The van der Waals surface area contributed by atoms with Crippen LogP contribution >= 0.6 is 11.8 Å². The number of rotatable bonds is 5. The zero-order chi connectivity index (χ0) is 12.0. The standard InChI is InChI=1S/C11H15FO3S/c1-3-15-11(13)10(12)16-9-6-4-8(14-2)5-7-9/h4,6-8,10H,3,5H2,1-2H3. The van der Waals surface area contributed by atoms with Crippen LogP contribution in [0.1, 0.15) is 13.3 Å². The Hall–Kier alpha value is -0.810. The van der Waals surface area contributed by atoms with Crippen molar-refractivity contribution < 1.29 is 18.7 Å². The van der Waals surface area contributed by atoms with E-state index < -0.39 is 11.5 Å². The Bertz CT molecular complexity index is 302. The van der Waals surface area contributed by atoms with E-state index in [1.165, 1.54) is 0 Å². The Morgan fingerprint density at radius 2 is 2.50 bits per heavy atom. The summed E-state index contributed by atoms with van der Waals surface area (Å²) in [7, 11) is 1.62. The van der Waals surface area contributed by atoms with Gasteiger partial charge in [0.15, 0.2) is 0 Å². The Balaban J connectivity index is 2.41. The van der Waals surface area contributed by atoms with Crippen molar-refractivity contribution in [2.45, 2.75) is 25.0 Å². The molecule has 16 heavy (non-hydrogen) atoms. The largest absolute Gasteiger partial charge is 0.463 e. The van der Waals surface area contributed by atoms with Crippen molar-refractivity contribution in [3.8, 4) is 0 Å². The van der Waals surface area contributed by atoms with Crippen LogP contribution in [0, 0.1) is 0 Å². The molecule has 0 saturated heterocycles. The molecule has 3 nitrogen and oxygen atoms in total. The average Bonchev–Trinajstić information content (AvgIpc) is 2.30. The van der Waals surface area contributed by atoms with Crippen LogP contribution in [-0.4, -0.2) is 31.3 Å². The second-order valence-electron chi connectivity index (χ2n) is 3.16. The van der Waals surface area contributed by atoms with Crippen molar-refractivity contribution in [2.75, 3.05) is 13.7 Å². The summed E-state index contributed by atoms with van der Waals surface area (Å²) in [6, 6.07) is 0. The Morgan fingerprint density at radius 3 is 3.00 bits per heavy atom. The highest BCUT2D eigenvalue weighted by atomic mass is 32.2. The van der Waals surface area contributed by atoms with Gasteiger partial charge in [-0.05, 0) is 13.3 Å². The number of allylic oxidation sites excluding steroid dienone is 1. The molecule has 2 atom stereocenters. The lowest BCUT2D eigenvalue weighted by molar-refractivity contribution is -0.145. The van der Waals surface area contributed by atoms with Gasteiger partial charge in [0, 0.05) is 12.0 Å². The maximum atomic E-state index is 13.3. The fourth-order valence-corrected chi connectivity index (χ4v) is 1.97. The molecule has 1 aliphatic carbocycles. The van der Waals surface area contributed by atoms with Gasteiger partial charge in [0.1, 0.15) is 0 Å². The second-order valence-corrected chi connectivity index (χ2v) is 4.28. The van der Waals surface area contributed by atoms with E-state index in [9.17, 15) is 9.18 Å². The maximum Gasteiger partial charge on any atom is 0.351 e. The number of esters is 1. The molecule has 1 rings (SSSR count). The highest BCUT2D eigenvalue weighted by molar-refractivity contribution is 8.04. The summed E-state index contributed by atoms with van der Waals surface area (Å²) in [5, 5.41) is 0. The van der Waals surface area contributed by atoms with Gasteiger partial charge in [-0.3, -0.25) is 0 Å². The highest BCUT2D eigenvalue weighted by Gasteiger charge is 2.21. The van der Waals surface area contributed by atoms with E-state index >= 15 is 0 Å². The van der Waals surface area contributed by atoms with E-state index in [0.29, 0.717) is 6.42 Å². The van der Waals surface area contributed by atoms with Crippen molar-refractivity contribution in [1.82, 2.24) is 0 Å². The number of halogens is 1. The van der Waals surface area contributed by atoms with Crippen LogP contribution in [0.5, 0.6) is 0 Å². The van der Waals surface area contributed by atoms with E-state index in [0.717, 1.165) is 16.7 Å². The molecule has 0 radical (unpaired) electrons. The number of carbonyl (C=O) groups excluding carboxylic acids is 1. The topological polar surface area (TPSA) is 35.5 Å². The molecular weight excluding hydrogens is 231 g/mol. The van der Waals surface area contributed by atoms with E-state index in [1.54, 1.807) is 20.1 Å². The highest BCUT2D eigenvalue weighted by Crippen LogP contribution is 2.28. The Morgan fingerprint density at radius 1 is 1.75 bits per heavy atom. The molecule has 5 heteroatoms. The minimum absolute atomic E-state index is 0.0463. The second kappa shape index (κ2) is 6.70. The van der Waals surface area contributed by atoms with Gasteiger partial charge >= 0.3 is 5.97 Å². The third kappa shape index (κ3) is 3.98. The molecule has 0 amide bonds. The zero-order valence-corrected chi connectivity index (χ0v) is 10.1. The van der Waals surface area contributed by atoms with Crippen LogP contribution in [0.15, 0.2) is 23.1 Å². The number of methoxy groups -OCH3 is 1. The van der Waals surface area contributed by atoms with Crippen LogP contribution in [0.2, 0.25) is 0 Å². The number of hydrogen-bond donors (Lipinski definition) is 0. The first-order valence-electron chi connectivity index (χ1n) is 5.06. The number of hydrogen-bond acceptors (Lipinski definition) is 4. The van der Waals surface area contributed by atoms with Crippen molar-refractivity contribution in [2.24, 2.45) is 0 Å². The fourth-order valence-electron chi connectivity index (χ4n) is 1.22. The number of alkyl halides is 1. The summed E-state index contributed by atoms with van der Waals surface area (Å²) in [6.45, 7) is 1.85. The molecule has 90 valence electrons. The minimum atomic E-state index is -1.66. The molecule has 0 saturated carbocycles. The van der Waals surface area contributed by atoms with Crippen LogP contribution in [0.3, 0.4) is 0 Å². The van der Waals surface area contributed by atoms with Crippen LogP contribution in [-0.2, 0) is 14.3 Å². The summed E-state index contributed by atoms with van der Waals surface area (Å²) in [6.07, 6.45) is 6.20. The van der Waals surface area contributed by atoms with Crippen molar-refractivity contribution in [1.29, 1.82) is 0 Å². The lowest BCUT2D eigenvalue weighted by Crippen LogP contribution is -2.16. The smallest absolute Gasteiger partial charge is 0.351 e. The number of thioether (sulfide) groups is 1. The first-order chi connectivity index (χ1) is 7.67. The maximum absolute atomic E-state index is 13.3. The number of carbonyl (C=O) groups is 1. The average molecular weight is 246 g/mol. The first-order valence-corrected chi connectivity index (χ1v) is 5.93. The summed E-state index contributed by atoms with van der Waals surface area (Å²) < 4.78 is 23.0. The lowest BCUT2D eigenvalue weighted by Gasteiger charge is -2.15. The molecule has 1 aliphatic rings. The predicted molar refractivity (Wildman–Crippen MR) is 61.8 cm³/mol. The van der Waals surface area contributed by atoms with Gasteiger partial charge in [0.05, 0.1) is 12.7 Å². The van der Waals surface area contributed by atoms with Gasteiger partial charge in [0.2, 0.25) is 5.50 Å². The fraction of sp³-hybridized carbons (Fsp3) is 0.545. The van der Waals surface area contributed by atoms with Gasteiger partial charge in [-0.1, -0.05) is 30.0 Å². The van der Waals surface area contributed by atoms with Gasteiger partial charge < -0.3 is 9.47 Å². The van der Waals surface area contributed by atoms with E-state index in [4.69, 9.17) is 4.74 Å². The van der Waals surface area contributed by atoms with Gasteiger partial charge in [-0.2, -0.15) is 0 Å². The third-order valence-electron chi connectivity index (χ3n) is 2.04. The minimum Gasteiger partial charge on any atom is -0.463 e. The van der Waals surface area contributed by atoms with Gasteiger partial charge in [-0.25, -0.2) is 9.18 Å². The molecule has 0 aliphatic heterocycles. The third-order valence-corrected chi connectivity index (χ3v) is 3.01. The van der Waals surface area contributed by atoms with E-state index in [1.807, 2.05) is 12.2 Å². The predicted octanol–water partition coefficient (Wildman–Crippen LogP) is 2.44. The Labute approximate surface area is 98.7 Å². The van der Waals surface area contributed by atoms with E-state index in [-0.39, 0.29) is 12.7 Å². The summed E-state index contributed by atoms with van der Waals surface area (Å²) in [5.41, 5.74) is -1.66. The number of ether oxygens (including phenoxy) is 2. The monoisotopic (exact) mass is 246 g/mol. The molecule has 0 fully saturated rings. The molecule has 0 aromatic carbocycles. The molecule has 0 aromatic heterocycles. The molecule has 0 heterocycles. The van der Waals surface area contributed by atoms with Crippen molar-refractivity contribution in [3.63, 3.8) is 0 Å². The van der Waals surface area contributed by atoms with Gasteiger partial charge in [0.25, 0.3) is 0 Å². The zero-order valence-electron chi connectivity index (χ0n) is 9.31. The molecule has 0 aromatic rings. The molecule has 0 spiro atoms. The van der Waals surface area contributed by atoms with Crippen molar-refractivity contribution in [3.05, 3.63) is 23.1 Å². The SMILES string of the molecule is CCOC(=O)C(F)SC1=CCC(OC)C=C1. The van der Waals surface area contributed by atoms with E-state index in [2.05, 4.69) is 4.74 Å². The molecular formula is C11H15FO3S. The van der Waals surface area contributed by atoms with Crippen LogP contribution in [0.4, 0.5) is 4.39 Å². The normalized spacial score (nSPS) is 21.4. The lowest BCUT2D eigenvalue weighted by atomic mass is 10.1. The summed E-state index contributed by atoms with van der Waals surface area (Å²) >= 11 is 0.859. The summed E-state index contributed by atoms with van der Waals surface area (Å²) in [4.78, 5) is 11.8. The van der Waals surface area contributed by atoms with Gasteiger partial charge in [-0.15, -0.1) is 0 Å². The molecule has 2 unspecified atom stereocenters. The quantitative estimate of drug-likeness (QED) is 0.698.